The lowest BCUT2D eigenvalue weighted by Crippen LogP contribution is -2.38. The SMILES string of the molecule is C1CCC2CNCCC2C1.C1CCC2CNCCC2C1.CN[SiH2]OC. The topological polar surface area (TPSA) is 45.3 Å². The highest BCUT2D eigenvalue weighted by Gasteiger charge is 2.27. The third kappa shape index (κ3) is 8.08. The van der Waals surface area contributed by atoms with E-state index < -0.39 is 0 Å². The van der Waals surface area contributed by atoms with Crippen molar-refractivity contribution in [3.63, 3.8) is 0 Å². The van der Waals surface area contributed by atoms with Crippen molar-refractivity contribution in [1.82, 2.24) is 15.6 Å². The first-order chi connectivity index (χ1) is 12.3. The zero-order valence-electron chi connectivity index (χ0n) is 16.8. The van der Waals surface area contributed by atoms with Gasteiger partial charge in [-0.15, -0.1) is 0 Å². The van der Waals surface area contributed by atoms with E-state index in [1.54, 1.807) is 7.11 Å². The summed E-state index contributed by atoms with van der Waals surface area (Å²) < 4.78 is 4.72. The minimum atomic E-state index is -0.318. The maximum absolute atomic E-state index is 4.72. The minimum absolute atomic E-state index is 0.318. The molecule has 4 aliphatic rings. The molecule has 5 heteroatoms. The summed E-state index contributed by atoms with van der Waals surface area (Å²) in [7, 11) is 3.29. The van der Waals surface area contributed by atoms with Gasteiger partial charge in [-0.25, -0.2) is 0 Å². The van der Waals surface area contributed by atoms with Crippen LogP contribution >= 0.6 is 0 Å². The van der Waals surface area contributed by atoms with E-state index in [0.29, 0.717) is 0 Å². The van der Waals surface area contributed by atoms with Crippen molar-refractivity contribution >= 4 is 9.92 Å². The molecule has 0 aromatic rings. The summed E-state index contributed by atoms with van der Waals surface area (Å²) in [4.78, 5) is 2.93. The third-order valence-electron chi connectivity index (χ3n) is 6.62. The van der Waals surface area contributed by atoms with Crippen molar-refractivity contribution < 1.29 is 4.43 Å². The molecular formula is C20H43N3OSi. The molecule has 4 nitrogen and oxygen atoms in total. The van der Waals surface area contributed by atoms with Gasteiger partial charge in [-0.3, -0.25) is 0 Å². The predicted molar refractivity (Wildman–Crippen MR) is 110 cm³/mol. The number of piperidine rings is 2. The Morgan fingerprint density at radius 3 is 1.48 bits per heavy atom. The number of hydrogen-bond donors (Lipinski definition) is 3. The fraction of sp³-hybridized carbons (Fsp3) is 1.00. The van der Waals surface area contributed by atoms with E-state index in [0.717, 1.165) is 23.7 Å². The van der Waals surface area contributed by atoms with Gasteiger partial charge in [-0.05, 0) is 82.6 Å². The van der Waals surface area contributed by atoms with Crippen LogP contribution < -0.4 is 15.6 Å². The monoisotopic (exact) mass is 369 g/mol. The lowest BCUT2D eigenvalue weighted by Gasteiger charge is -2.35. The Kier molecular flexibility index (Phi) is 11.3. The summed E-state index contributed by atoms with van der Waals surface area (Å²) in [5.41, 5.74) is 0. The molecule has 2 saturated heterocycles. The van der Waals surface area contributed by atoms with Gasteiger partial charge in [0.25, 0.3) is 0 Å². The van der Waals surface area contributed by atoms with E-state index in [2.05, 4.69) is 15.6 Å². The molecule has 2 saturated carbocycles. The maximum atomic E-state index is 4.72. The van der Waals surface area contributed by atoms with E-state index in [4.69, 9.17) is 4.43 Å². The van der Waals surface area contributed by atoms with E-state index >= 15 is 0 Å². The summed E-state index contributed by atoms with van der Waals surface area (Å²) in [5, 5.41) is 6.97. The van der Waals surface area contributed by atoms with Crippen LogP contribution in [0.15, 0.2) is 0 Å². The highest BCUT2D eigenvalue weighted by molar-refractivity contribution is 6.23. The number of nitrogens with one attached hydrogen (secondary N) is 3. The lowest BCUT2D eigenvalue weighted by molar-refractivity contribution is 0.185. The van der Waals surface area contributed by atoms with Crippen LogP contribution in [0.5, 0.6) is 0 Å². The second-order valence-corrected chi connectivity index (χ2v) is 9.95. The van der Waals surface area contributed by atoms with Gasteiger partial charge in [0.05, 0.1) is 0 Å². The molecule has 25 heavy (non-hydrogen) atoms. The maximum Gasteiger partial charge on any atom is 0.235 e. The normalized spacial score (nSPS) is 34.8. The van der Waals surface area contributed by atoms with Crippen LogP contribution in [0.1, 0.15) is 64.2 Å². The molecule has 0 radical (unpaired) electrons. The number of hydrogen-bond acceptors (Lipinski definition) is 4. The second-order valence-electron chi connectivity index (χ2n) is 8.38. The van der Waals surface area contributed by atoms with Crippen molar-refractivity contribution in [2.75, 3.05) is 40.3 Å². The third-order valence-corrected chi connectivity index (χ3v) is 7.20. The van der Waals surface area contributed by atoms with E-state index in [1.807, 2.05) is 7.05 Å². The van der Waals surface area contributed by atoms with Crippen molar-refractivity contribution in [2.24, 2.45) is 23.7 Å². The number of rotatable bonds is 2. The Labute approximate surface area is 158 Å². The highest BCUT2D eigenvalue weighted by Crippen LogP contribution is 2.34. The van der Waals surface area contributed by atoms with Crippen LogP contribution in [-0.4, -0.2) is 50.3 Å². The molecule has 2 heterocycles. The molecule has 0 bridgehead atoms. The lowest BCUT2D eigenvalue weighted by atomic mass is 9.76. The fourth-order valence-corrected chi connectivity index (χ4v) is 5.45. The quantitative estimate of drug-likeness (QED) is 0.654. The zero-order chi connectivity index (χ0) is 17.7. The average Bonchev–Trinajstić information content (AvgIpc) is 2.70. The molecule has 148 valence electrons. The van der Waals surface area contributed by atoms with E-state index in [-0.39, 0.29) is 9.92 Å². The molecule has 3 N–H and O–H groups in total. The molecule has 0 aromatic heterocycles. The van der Waals surface area contributed by atoms with Gasteiger partial charge < -0.3 is 20.0 Å². The standard InChI is InChI=1S/2C9H17N.C2H9NOSi/c2*1-2-4-9-7-10-6-5-8(9)3-1;1-3-5-4-2/h2*8-10H,1-7H2;3H,5H2,1-2H3. The van der Waals surface area contributed by atoms with Crippen molar-refractivity contribution in [3.8, 4) is 0 Å². The molecule has 4 atom stereocenters. The Morgan fingerprint density at radius 2 is 1.16 bits per heavy atom. The summed E-state index contributed by atoms with van der Waals surface area (Å²) >= 11 is 0. The minimum Gasteiger partial charge on any atom is -0.412 e. The molecule has 0 spiro atoms. The zero-order valence-corrected chi connectivity index (χ0v) is 18.2. The van der Waals surface area contributed by atoms with Crippen LogP contribution in [0.2, 0.25) is 0 Å². The summed E-state index contributed by atoms with van der Waals surface area (Å²) in [6.07, 6.45) is 14.9. The molecule has 2 aliphatic carbocycles. The predicted octanol–water partition coefficient (Wildman–Crippen LogP) is 2.42. The van der Waals surface area contributed by atoms with Crippen molar-refractivity contribution in [1.29, 1.82) is 0 Å². The Bertz CT molecular complexity index is 250. The smallest absolute Gasteiger partial charge is 0.235 e. The van der Waals surface area contributed by atoms with E-state index in [9.17, 15) is 0 Å². The summed E-state index contributed by atoms with van der Waals surface area (Å²) in [6, 6.07) is 0. The van der Waals surface area contributed by atoms with E-state index in [1.165, 1.54) is 90.4 Å². The molecular weight excluding hydrogens is 326 g/mol. The molecule has 4 fully saturated rings. The van der Waals surface area contributed by atoms with Crippen molar-refractivity contribution in [3.05, 3.63) is 0 Å². The molecule has 2 aliphatic heterocycles. The largest absolute Gasteiger partial charge is 0.412 e. The first-order valence-electron chi connectivity index (χ1n) is 10.9. The summed E-state index contributed by atoms with van der Waals surface area (Å²) in [5.74, 6) is 4.27. The van der Waals surface area contributed by atoms with Crippen molar-refractivity contribution in [2.45, 2.75) is 64.2 Å². The highest BCUT2D eigenvalue weighted by atomic mass is 28.2. The molecule has 0 amide bonds. The molecule has 0 aromatic carbocycles. The first-order valence-corrected chi connectivity index (χ1v) is 12.2. The van der Waals surface area contributed by atoms with Crippen LogP contribution in [0, 0.1) is 23.7 Å². The Morgan fingerprint density at radius 1 is 0.720 bits per heavy atom. The second kappa shape index (κ2) is 13.3. The molecule has 4 rings (SSSR count). The van der Waals surface area contributed by atoms with Gasteiger partial charge in [0.15, 0.2) is 0 Å². The molecule has 4 unspecified atom stereocenters. The fourth-order valence-electron chi connectivity index (χ4n) is 5.16. The van der Waals surface area contributed by atoms with Crippen LogP contribution in [0.4, 0.5) is 0 Å². The van der Waals surface area contributed by atoms with Gasteiger partial charge in [-0.2, -0.15) is 0 Å². The summed E-state index contributed by atoms with van der Waals surface area (Å²) in [6.45, 7) is 5.18. The van der Waals surface area contributed by atoms with Gasteiger partial charge in [0.1, 0.15) is 0 Å². The number of fused-ring (bicyclic) bond motifs is 2. The van der Waals surface area contributed by atoms with Gasteiger partial charge in [0, 0.05) is 7.11 Å². The average molecular weight is 370 g/mol. The van der Waals surface area contributed by atoms with Crippen LogP contribution in [0.25, 0.3) is 0 Å². The van der Waals surface area contributed by atoms with Gasteiger partial charge in [-0.1, -0.05) is 38.5 Å². The Hall–Kier alpha value is 0.0569. The Balaban J connectivity index is 0.000000144. The van der Waals surface area contributed by atoms with Crippen LogP contribution in [-0.2, 0) is 4.43 Å². The first kappa shape index (κ1) is 21.4. The van der Waals surface area contributed by atoms with Gasteiger partial charge in [0.2, 0.25) is 9.92 Å². The van der Waals surface area contributed by atoms with Crippen LogP contribution in [0.3, 0.4) is 0 Å². The van der Waals surface area contributed by atoms with Gasteiger partial charge >= 0.3 is 0 Å².